The van der Waals surface area contributed by atoms with E-state index in [0.29, 0.717) is 11.4 Å². The van der Waals surface area contributed by atoms with Crippen LogP contribution in [0.3, 0.4) is 0 Å². The molecule has 0 unspecified atom stereocenters. The van der Waals surface area contributed by atoms with Crippen molar-refractivity contribution in [3.8, 4) is 5.75 Å². The molecule has 1 rings (SSSR count). The summed E-state index contributed by atoms with van der Waals surface area (Å²) in [4.78, 5) is 0. The molecule has 5 N–H and O–H groups in total. The normalized spacial score (nSPS) is 7.64. The Morgan fingerprint density at radius 2 is 1.36 bits per heavy atom. The molecule has 11 heavy (non-hydrogen) atoms. The van der Waals surface area contributed by atoms with Crippen LogP contribution in [0.5, 0.6) is 5.75 Å². The lowest BCUT2D eigenvalue weighted by molar-refractivity contribution is 0.480. The third-order valence-electron chi connectivity index (χ3n) is 1.10. The zero-order valence-corrected chi connectivity index (χ0v) is 7.28. The van der Waals surface area contributed by atoms with Crippen LogP contribution in [0.1, 0.15) is 0 Å². The van der Waals surface area contributed by atoms with Crippen LogP contribution in [0, 0.1) is 0 Å². The summed E-state index contributed by atoms with van der Waals surface area (Å²) in [6.07, 6.45) is 0. The van der Waals surface area contributed by atoms with Gasteiger partial charge in [-0.1, -0.05) is 6.07 Å². The van der Waals surface area contributed by atoms with E-state index in [2.05, 4.69) is 0 Å². The van der Waals surface area contributed by atoms with Gasteiger partial charge in [0.1, 0.15) is 0 Å². The summed E-state index contributed by atoms with van der Waals surface area (Å²) in [6, 6.07) is 4.86. The average Bonchev–Trinajstić information content (AvgIpc) is 1.83. The first-order valence-electron chi connectivity index (χ1n) is 2.54. The number of para-hydroxylation sites is 1. The van der Waals surface area contributed by atoms with Crippen LogP contribution in [0.2, 0.25) is 0 Å². The van der Waals surface area contributed by atoms with Crippen molar-refractivity contribution in [2.24, 2.45) is 0 Å². The molecule has 0 radical (unpaired) electrons. The molecule has 0 spiro atoms. The highest BCUT2D eigenvalue weighted by Gasteiger charge is 1.96. The zero-order valence-electron chi connectivity index (χ0n) is 5.65. The topological polar surface area (TPSA) is 72.3 Å². The molecule has 0 fully saturated rings. The summed E-state index contributed by atoms with van der Waals surface area (Å²) in [7, 11) is 0. The molecule has 0 heterocycles. The minimum Gasteiger partial charge on any atom is -0.504 e. The predicted molar refractivity (Wildman–Crippen MR) is 51.4 cm³/mol. The number of phenols is 1. The van der Waals surface area contributed by atoms with Gasteiger partial charge in [-0.3, -0.25) is 0 Å². The molecule has 0 bridgehead atoms. The maximum atomic E-state index is 8.96. The first-order valence-corrected chi connectivity index (χ1v) is 2.54. The fourth-order valence-corrected chi connectivity index (χ4v) is 0.580. The molecule has 0 aromatic heterocycles. The highest BCUT2D eigenvalue weighted by Crippen LogP contribution is 2.25. The lowest BCUT2D eigenvalue weighted by atomic mass is 10.2. The first kappa shape index (κ1) is 12.8. The summed E-state index contributed by atoms with van der Waals surface area (Å²) in [5.41, 5.74) is 11.2. The molecule has 64 valence electrons. The quantitative estimate of drug-likeness (QED) is 0.434. The number of anilines is 2. The molecule has 0 aliphatic carbocycles. The highest BCUT2D eigenvalue weighted by atomic mass is 35.5. The summed E-state index contributed by atoms with van der Waals surface area (Å²) >= 11 is 0. The van der Waals surface area contributed by atoms with Gasteiger partial charge in [0.15, 0.2) is 5.75 Å². The van der Waals surface area contributed by atoms with Gasteiger partial charge in [-0.25, -0.2) is 0 Å². The van der Waals surface area contributed by atoms with Gasteiger partial charge < -0.3 is 16.6 Å². The molecule has 1 aromatic rings. The van der Waals surface area contributed by atoms with Crippen molar-refractivity contribution in [2.75, 3.05) is 11.5 Å². The molecule has 5 heteroatoms. The van der Waals surface area contributed by atoms with Gasteiger partial charge in [0.05, 0.1) is 11.4 Å². The van der Waals surface area contributed by atoms with E-state index in [4.69, 9.17) is 16.6 Å². The first-order chi connectivity index (χ1) is 4.22. The second-order valence-corrected chi connectivity index (χ2v) is 1.79. The fraction of sp³-hybridized carbons (Fsp3) is 0. The molecule has 3 nitrogen and oxygen atoms in total. The molecule has 0 aliphatic heterocycles. The van der Waals surface area contributed by atoms with E-state index in [1.165, 1.54) is 0 Å². The van der Waals surface area contributed by atoms with Crippen LogP contribution in [0.4, 0.5) is 11.4 Å². The second-order valence-electron chi connectivity index (χ2n) is 1.79. The predicted octanol–water partition coefficient (Wildman–Crippen LogP) is 1.40. The number of rotatable bonds is 0. The van der Waals surface area contributed by atoms with Gasteiger partial charge in [-0.05, 0) is 12.1 Å². The number of hydrogen-bond donors (Lipinski definition) is 3. The van der Waals surface area contributed by atoms with Crippen molar-refractivity contribution in [1.82, 2.24) is 0 Å². The van der Waals surface area contributed by atoms with Gasteiger partial charge in [-0.15, -0.1) is 24.8 Å². The summed E-state index contributed by atoms with van der Waals surface area (Å²) in [6.45, 7) is 0. The van der Waals surface area contributed by atoms with Crippen molar-refractivity contribution in [3.63, 3.8) is 0 Å². The average molecular weight is 197 g/mol. The Morgan fingerprint density at radius 3 is 1.64 bits per heavy atom. The Labute approximate surface area is 77.2 Å². The Balaban J connectivity index is 0. The molecule has 0 atom stereocenters. The lowest BCUT2D eigenvalue weighted by Crippen LogP contribution is -1.90. The Hall–Kier alpha value is -0.800. The zero-order chi connectivity index (χ0) is 6.85. The van der Waals surface area contributed by atoms with Gasteiger partial charge in [0.2, 0.25) is 0 Å². The van der Waals surface area contributed by atoms with Crippen LogP contribution in [-0.4, -0.2) is 5.11 Å². The smallest absolute Gasteiger partial charge is 0.161 e. The van der Waals surface area contributed by atoms with Crippen LogP contribution >= 0.6 is 24.8 Å². The van der Waals surface area contributed by atoms with Crippen molar-refractivity contribution >= 4 is 36.2 Å². The number of hydrogen-bond acceptors (Lipinski definition) is 3. The number of benzene rings is 1. The van der Waals surface area contributed by atoms with Crippen molar-refractivity contribution in [1.29, 1.82) is 0 Å². The number of halogens is 2. The van der Waals surface area contributed by atoms with E-state index >= 15 is 0 Å². The molecule has 1 aromatic carbocycles. The summed E-state index contributed by atoms with van der Waals surface area (Å²) in [5, 5.41) is 8.96. The van der Waals surface area contributed by atoms with Crippen LogP contribution in [0.25, 0.3) is 0 Å². The van der Waals surface area contributed by atoms with Crippen LogP contribution < -0.4 is 11.5 Å². The van der Waals surface area contributed by atoms with E-state index in [1.807, 2.05) is 0 Å². The SMILES string of the molecule is Cl.Cl.Nc1cccc(N)c1O. The van der Waals surface area contributed by atoms with Gasteiger partial charge >= 0.3 is 0 Å². The maximum absolute atomic E-state index is 8.96. The number of nitrogens with two attached hydrogens (primary N) is 2. The lowest BCUT2D eigenvalue weighted by Gasteiger charge is -1.99. The van der Waals surface area contributed by atoms with Crippen molar-refractivity contribution < 1.29 is 5.11 Å². The van der Waals surface area contributed by atoms with Gasteiger partial charge in [0.25, 0.3) is 0 Å². The Morgan fingerprint density at radius 1 is 1.00 bits per heavy atom. The molecular weight excluding hydrogens is 187 g/mol. The van der Waals surface area contributed by atoms with E-state index in [9.17, 15) is 0 Å². The van der Waals surface area contributed by atoms with Crippen molar-refractivity contribution in [3.05, 3.63) is 18.2 Å². The molecular formula is C6H10Cl2N2O. The number of aromatic hydroxyl groups is 1. The Bertz CT molecular complexity index is 210. The largest absolute Gasteiger partial charge is 0.504 e. The van der Waals surface area contributed by atoms with Gasteiger partial charge in [-0.2, -0.15) is 0 Å². The third-order valence-corrected chi connectivity index (χ3v) is 1.10. The fourth-order valence-electron chi connectivity index (χ4n) is 0.580. The highest BCUT2D eigenvalue weighted by molar-refractivity contribution is 5.85. The van der Waals surface area contributed by atoms with Crippen LogP contribution in [0.15, 0.2) is 18.2 Å². The van der Waals surface area contributed by atoms with E-state index in [1.54, 1.807) is 18.2 Å². The molecule has 0 aliphatic rings. The van der Waals surface area contributed by atoms with Gasteiger partial charge in [0, 0.05) is 0 Å². The summed E-state index contributed by atoms with van der Waals surface area (Å²) in [5.74, 6) is -0.0301. The van der Waals surface area contributed by atoms with E-state index in [0.717, 1.165) is 0 Å². The Kier molecular flexibility index (Phi) is 5.76. The van der Waals surface area contributed by atoms with E-state index < -0.39 is 0 Å². The standard InChI is InChI=1S/C6H8N2O.2ClH/c7-4-2-1-3-5(8)6(4)9;;/h1-3,9H,7-8H2;2*1H. The van der Waals surface area contributed by atoms with Crippen molar-refractivity contribution in [2.45, 2.75) is 0 Å². The maximum Gasteiger partial charge on any atom is 0.161 e. The number of nitrogen functional groups attached to an aromatic ring is 2. The minimum absolute atomic E-state index is 0. The third kappa shape index (κ3) is 2.74. The van der Waals surface area contributed by atoms with Crippen LogP contribution in [-0.2, 0) is 0 Å². The van der Waals surface area contributed by atoms with E-state index in [-0.39, 0.29) is 30.6 Å². The monoisotopic (exact) mass is 196 g/mol. The molecule has 0 amide bonds. The molecule has 0 saturated carbocycles. The summed E-state index contributed by atoms with van der Waals surface area (Å²) < 4.78 is 0. The second kappa shape index (κ2) is 4.93. The molecule has 0 saturated heterocycles. The minimum atomic E-state index is -0.0301. The number of phenolic OH excluding ortho intramolecular Hbond substituents is 1.